The minimum atomic E-state index is -3.96. The summed E-state index contributed by atoms with van der Waals surface area (Å²) in [6.45, 7) is 1.92. The number of aromatic nitrogens is 1. The molecule has 0 saturated carbocycles. The molecule has 1 aromatic heterocycles. The van der Waals surface area contributed by atoms with Gasteiger partial charge in [-0.25, -0.2) is 13.4 Å². The molecule has 1 aliphatic rings. The second kappa shape index (κ2) is 9.30. The highest BCUT2D eigenvalue weighted by Crippen LogP contribution is 2.34. The van der Waals surface area contributed by atoms with Crippen LogP contribution in [0.3, 0.4) is 0 Å². The zero-order valence-electron chi connectivity index (χ0n) is 17.7. The van der Waals surface area contributed by atoms with Gasteiger partial charge >= 0.3 is 0 Å². The van der Waals surface area contributed by atoms with Crippen LogP contribution < -0.4 is 14.8 Å². The average Bonchev–Trinajstić information content (AvgIpc) is 2.93. The summed E-state index contributed by atoms with van der Waals surface area (Å²) < 4.78 is 33.9. The van der Waals surface area contributed by atoms with E-state index in [1.807, 2.05) is 13.0 Å². The lowest BCUT2D eigenvalue weighted by atomic mass is 10.0. The molecule has 2 aromatic carbocycles. The number of anilines is 1. The Morgan fingerprint density at radius 3 is 2.58 bits per heavy atom. The van der Waals surface area contributed by atoms with Crippen LogP contribution in [0.4, 0.5) is 5.69 Å². The summed E-state index contributed by atoms with van der Waals surface area (Å²) in [4.78, 5) is 17.3. The van der Waals surface area contributed by atoms with Crippen molar-refractivity contribution in [2.75, 3.05) is 17.5 Å². The predicted molar refractivity (Wildman–Crippen MR) is 128 cm³/mol. The third-order valence-corrected chi connectivity index (χ3v) is 7.58. The number of nitrogens with zero attached hydrogens (tertiary/aromatic N) is 2. The Hall–Kier alpha value is -2.65. The van der Waals surface area contributed by atoms with Crippen molar-refractivity contribution in [3.63, 3.8) is 0 Å². The molecule has 1 atom stereocenters. The lowest BCUT2D eigenvalue weighted by Gasteiger charge is -2.25. The molecule has 0 aliphatic carbocycles. The van der Waals surface area contributed by atoms with Crippen molar-refractivity contribution >= 4 is 44.7 Å². The summed E-state index contributed by atoms with van der Waals surface area (Å²) in [7, 11) is -3.96. The maximum Gasteiger partial charge on any atom is 0.264 e. The first kappa shape index (κ1) is 23.5. The van der Waals surface area contributed by atoms with E-state index in [1.165, 1.54) is 16.6 Å². The molecule has 3 aromatic rings. The number of fused-ring (bicyclic) bond motifs is 1. The van der Waals surface area contributed by atoms with Crippen LogP contribution in [0.2, 0.25) is 10.0 Å². The number of hydrogen-bond donors (Lipinski definition) is 1. The molecule has 172 valence electrons. The highest BCUT2D eigenvalue weighted by molar-refractivity contribution is 7.92. The summed E-state index contributed by atoms with van der Waals surface area (Å²) in [5.74, 6) is -0.183. The Bertz CT molecular complexity index is 1310. The predicted octanol–water partition coefficient (Wildman–Crippen LogP) is 4.04. The zero-order chi connectivity index (χ0) is 23.8. The molecule has 0 amide bonds. The molecule has 0 radical (unpaired) electrons. The molecular weight excluding hydrogens is 485 g/mol. The summed E-state index contributed by atoms with van der Waals surface area (Å²) in [5.41, 5.74) is 7.81. The second-order valence-electron chi connectivity index (χ2n) is 7.79. The lowest BCUT2D eigenvalue weighted by molar-refractivity contribution is 0.0993. The maximum absolute atomic E-state index is 13.5. The Morgan fingerprint density at radius 1 is 1.18 bits per heavy atom. The van der Waals surface area contributed by atoms with Crippen molar-refractivity contribution in [2.45, 2.75) is 24.3 Å². The van der Waals surface area contributed by atoms with Crippen LogP contribution >= 0.6 is 23.2 Å². The van der Waals surface area contributed by atoms with Gasteiger partial charge in [-0.3, -0.25) is 9.10 Å². The summed E-state index contributed by atoms with van der Waals surface area (Å²) in [6.07, 6.45) is 1.39. The minimum Gasteiger partial charge on any atom is -0.474 e. The first-order chi connectivity index (χ1) is 15.7. The van der Waals surface area contributed by atoms with Crippen molar-refractivity contribution < 1.29 is 17.9 Å². The molecule has 2 heterocycles. The first-order valence-corrected chi connectivity index (χ1v) is 12.3. The maximum atomic E-state index is 13.5. The van der Waals surface area contributed by atoms with E-state index in [0.717, 1.165) is 5.56 Å². The molecule has 1 aliphatic heterocycles. The monoisotopic (exact) mass is 505 g/mol. The van der Waals surface area contributed by atoms with E-state index in [2.05, 4.69) is 4.98 Å². The van der Waals surface area contributed by atoms with E-state index in [9.17, 15) is 13.2 Å². The van der Waals surface area contributed by atoms with Crippen molar-refractivity contribution in [1.82, 2.24) is 4.98 Å². The smallest absolute Gasteiger partial charge is 0.264 e. The topological polar surface area (TPSA) is 103 Å². The number of ketones is 1. The van der Waals surface area contributed by atoms with Crippen molar-refractivity contribution in [3.05, 3.63) is 81.5 Å². The van der Waals surface area contributed by atoms with Crippen molar-refractivity contribution in [3.8, 4) is 5.88 Å². The van der Waals surface area contributed by atoms with E-state index < -0.39 is 16.1 Å². The number of benzene rings is 2. The normalized spacial score (nSPS) is 16.0. The summed E-state index contributed by atoms with van der Waals surface area (Å²) in [6, 6.07) is 12.4. The Morgan fingerprint density at radius 2 is 1.88 bits per heavy atom. The molecule has 1 unspecified atom stereocenters. The van der Waals surface area contributed by atoms with Crippen LogP contribution in [0.5, 0.6) is 5.88 Å². The highest BCUT2D eigenvalue weighted by Gasteiger charge is 2.32. The number of ether oxygens (including phenoxy) is 1. The molecule has 4 rings (SSSR count). The van der Waals surface area contributed by atoms with Gasteiger partial charge in [-0.05, 0) is 48.4 Å². The number of hydrogen-bond acceptors (Lipinski definition) is 6. The lowest BCUT2D eigenvalue weighted by Crippen LogP contribution is -2.42. The highest BCUT2D eigenvalue weighted by atomic mass is 35.5. The second-order valence-corrected chi connectivity index (χ2v) is 10.5. The van der Waals surface area contributed by atoms with Crippen LogP contribution in [0, 0.1) is 6.92 Å². The fraction of sp³-hybridized carbons (Fsp3) is 0.217. The Balaban J connectivity index is 1.74. The van der Waals surface area contributed by atoms with Gasteiger partial charge in [0.1, 0.15) is 12.3 Å². The van der Waals surface area contributed by atoms with Crippen molar-refractivity contribution in [2.24, 2.45) is 5.73 Å². The molecule has 0 spiro atoms. The Labute approximate surface area is 202 Å². The van der Waals surface area contributed by atoms with Crippen LogP contribution in [0.1, 0.15) is 21.5 Å². The van der Waals surface area contributed by atoms with Gasteiger partial charge in [0.05, 0.1) is 33.1 Å². The van der Waals surface area contributed by atoms with Gasteiger partial charge in [0.25, 0.3) is 10.0 Å². The van der Waals surface area contributed by atoms with Gasteiger partial charge in [-0.1, -0.05) is 41.4 Å². The minimum absolute atomic E-state index is 0.00129. The summed E-state index contributed by atoms with van der Waals surface area (Å²) in [5, 5.41) is 0.487. The number of nitrogens with two attached hydrogens (primary N) is 1. The van der Waals surface area contributed by atoms with E-state index in [0.29, 0.717) is 5.56 Å². The van der Waals surface area contributed by atoms with Gasteiger partial charge < -0.3 is 10.5 Å². The largest absolute Gasteiger partial charge is 0.474 e. The number of sulfonamides is 1. The van der Waals surface area contributed by atoms with E-state index >= 15 is 0 Å². The fourth-order valence-corrected chi connectivity index (χ4v) is 5.81. The Kier molecular flexibility index (Phi) is 6.63. The van der Waals surface area contributed by atoms with Crippen LogP contribution in [0.25, 0.3) is 0 Å². The number of carbonyl (C=O) groups is 1. The molecule has 0 saturated heterocycles. The molecule has 2 N–H and O–H groups in total. The standard InChI is InChI=1S/C23H21Cl2N3O4S/c1-14-4-2-5-17(8-14)33(30,31)28-12-16(26)13-32-23-20(28)9-15(11-27-23)10-21(29)22-18(24)6-3-7-19(22)25/h2-9,11,16H,10,12-13,26H2,1H3. The number of rotatable bonds is 5. The van der Waals surface area contributed by atoms with Crippen molar-refractivity contribution in [1.29, 1.82) is 0 Å². The van der Waals surface area contributed by atoms with Gasteiger partial charge in [0.15, 0.2) is 5.78 Å². The zero-order valence-corrected chi connectivity index (χ0v) is 20.0. The molecule has 10 heteroatoms. The van der Waals surface area contributed by atoms with E-state index in [1.54, 1.807) is 36.4 Å². The number of carbonyl (C=O) groups excluding carboxylic acids is 1. The summed E-state index contributed by atoms with van der Waals surface area (Å²) >= 11 is 12.3. The van der Waals surface area contributed by atoms with Gasteiger partial charge in [0.2, 0.25) is 5.88 Å². The number of pyridine rings is 1. The van der Waals surface area contributed by atoms with Gasteiger partial charge in [-0.2, -0.15) is 0 Å². The van der Waals surface area contributed by atoms with Gasteiger partial charge in [-0.15, -0.1) is 0 Å². The average molecular weight is 506 g/mol. The molecule has 33 heavy (non-hydrogen) atoms. The third-order valence-electron chi connectivity index (χ3n) is 5.18. The quantitative estimate of drug-likeness (QED) is 0.524. The molecule has 7 nitrogen and oxygen atoms in total. The molecule has 0 fully saturated rings. The third kappa shape index (κ3) is 4.84. The fourth-order valence-electron chi connectivity index (χ4n) is 3.59. The SMILES string of the molecule is Cc1cccc(S(=O)(=O)N2CC(N)COc3ncc(CC(=O)c4c(Cl)cccc4Cl)cc32)c1. The van der Waals surface area contributed by atoms with Crippen LogP contribution in [-0.2, 0) is 16.4 Å². The first-order valence-electron chi connectivity index (χ1n) is 10.1. The molecule has 0 bridgehead atoms. The molecular formula is C23H21Cl2N3O4S. The van der Waals surface area contributed by atoms with Crippen LogP contribution in [-0.4, -0.2) is 38.4 Å². The van der Waals surface area contributed by atoms with Gasteiger partial charge in [0, 0.05) is 12.6 Å². The number of Topliss-reactive ketones (excluding diaryl/α,β-unsaturated/α-hetero) is 1. The number of halogens is 2. The van der Waals surface area contributed by atoms with Crippen LogP contribution in [0.15, 0.2) is 59.6 Å². The number of aryl methyl sites for hydroxylation is 1. The van der Waals surface area contributed by atoms with E-state index in [4.69, 9.17) is 33.7 Å². The van der Waals surface area contributed by atoms with E-state index in [-0.39, 0.29) is 57.4 Å².